The van der Waals surface area contributed by atoms with Crippen LogP contribution in [-0.2, 0) is 4.79 Å². The fourth-order valence-corrected chi connectivity index (χ4v) is 3.20. The Kier molecular flexibility index (Phi) is 6.62. The van der Waals surface area contributed by atoms with Crippen LogP contribution in [0.2, 0.25) is 0 Å². The maximum Gasteiger partial charge on any atom is 0.317 e. The molecule has 1 fully saturated rings. The number of nitrogens with one attached hydrogen (secondary N) is 2. The molecular weight excluding hydrogens is 374 g/mol. The van der Waals surface area contributed by atoms with Gasteiger partial charge in [-0.25, -0.2) is 4.79 Å². The molecule has 1 aromatic carbocycles. The molecule has 0 aromatic heterocycles. The van der Waals surface area contributed by atoms with Crippen LogP contribution in [0, 0.1) is 0 Å². The van der Waals surface area contributed by atoms with Crippen molar-refractivity contribution >= 4 is 27.9 Å². The predicted octanol–water partition coefficient (Wildman–Crippen LogP) is 2.75. The van der Waals surface area contributed by atoms with Gasteiger partial charge in [-0.3, -0.25) is 9.69 Å². The Bertz CT molecular complexity index is 573. The van der Waals surface area contributed by atoms with E-state index in [9.17, 15) is 9.59 Å². The number of benzene rings is 1. The second kappa shape index (κ2) is 8.48. The lowest BCUT2D eigenvalue weighted by atomic mass is 9.85. The van der Waals surface area contributed by atoms with E-state index in [0.717, 1.165) is 22.9 Å². The van der Waals surface area contributed by atoms with E-state index in [-0.39, 0.29) is 30.7 Å². The summed E-state index contributed by atoms with van der Waals surface area (Å²) >= 11 is 3.39. The number of nitrogens with zero attached hydrogens (tertiary/aromatic N) is 1. The van der Waals surface area contributed by atoms with Crippen molar-refractivity contribution in [3.05, 3.63) is 34.3 Å². The molecule has 7 heteroatoms. The van der Waals surface area contributed by atoms with Gasteiger partial charge in [0.15, 0.2) is 0 Å². The lowest BCUT2D eigenvalue weighted by Gasteiger charge is -2.42. The number of urea groups is 1. The largest absolute Gasteiger partial charge is 0.480 e. The number of carbonyl (C=O) groups is 2. The molecule has 0 spiro atoms. The molecule has 1 saturated carbocycles. The van der Waals surface area contributed by atoms with E-state index < -0.39 is 5.97 Å². The third-order valence-corrected chi connectivity index (χ3v) is 4.96. The van der Waals surface area contributed by atoms with Crippen LogP contribution in [0.4, 0.5) is 4.79 Å². The zero-order valence-electron chi connectivity index (χ0n) is 14.0. The van der Waals surface area contributed by atoms with Crippen molar-refractivity contribution in [2.45, 2.75) is 44.8 Å². The lowest BCUT2D eigenvalue weighted by molar-refractivity contribution is -0.139. The van der Waals surface area contributed by atoms with Crippen LogP contribution in [0.15, 0.2) is 28.7 Å². The van der Waals surface area contributed by atoms with E-state index in [1.54, 1.807) is 0 Å². The monoisotopic (exact) mass is 397 g/mol. The molecular formula is C17H24BrN3O3. The number of hydrogen-bond acceptors (Lipinski definition) is 3. The molecule has 1 atom stereocenters. The Labute approximate surface area is 150 Å². The summed E-state index contributed by atoms with van der Waals surface area (Å²) in [5, 5.41) is 14.8. The second-order valence-corrected chi connectivity index (χ2v) is 7.09. The Morgan fingerprint density at radius 3 is 2.50 bits per heavy atom. The summed E-state index contributed by atoms with van der Waals surface area (Å²) in [6.45, 7) is 4.66. The van der Waals surface area contributed by atoms with E-state index in [1.807, 2.05) is 43.0 Å². The van der Waals surface area contributed by atoms with Crippen LogP contribution in [0.3, 0.4) is 0 Å². The first kappa shape index (κ1) is 18.7. The summed E-state index contributed by atoms with van der Waals surface area (Å²) < 4.78 is 1.00. The number of rotatable bonds is 7. The third-order valence-electron chi connectivity index (χ3n) is 4.43. The molecule has 0 saturated heterocycles. The first-order valence-corrected chi connectivity index (χ1v) is 8.96. The van der Waals surface area contributed by atoms with Gasteiger partial charge in [-0.05, 0) is 44.0 Å². The second-order valence-electron chi connectivity index (χ2n) is 6.17. The smallest absolute Gasteiger partial charge is 0.317 e. The third kappa shape index (κ3) is 5.21. The molecule has 0 bridgehead atoms. The standard InChI is InChI=1S/C17H24BrN3O3/c1-3-21(10-16(22)23)15-8-14(9-15)20-17(24)19-11(2)12-4-6-13(18)7-5-12/h4-7,11,14-15H,3,8-10H2,1-2H3,(H,22,23)(H2,19,20,24)/t11-,14?,15?/m1/s1. The molecule has 0 radical (unpaired) electrons. The molecule has 0 unspecified atom stereocenters. The van der Waals surface area contributed by atoms with Crippen molar-refractivity contribution in [2.75, 3.05) is 13.1 Å². The molecule has 2 rings (SSSR count). The van der Waals surface area contributed by atoms with Gasteiger partial charge in [0.25, 0.3) is 0 Å². The van der Waals surface area contributed by atoms with Gasteiger partial charge in [-0.2, -0.15) is 0 Å². The first-order chi connectivity index (χ1) is 11.4. The summed E-state index contributed by atoms with van der Waals surface area (Å²) in [6.07, 6.45) is 1.59. The fourth-order valence-electron chi connectivity index (χ4n) is 2.94. The molecule has 1 aromatic rings. The average Bonchev–Trinajstić information content (AvgIpc) is 2.48. The van der Waals surface area contributed by atoms with E-state index in [2.05, 4.69) is 26.6 Å². The van der Waals surface area contributed by atoms with Crippen molar-refractivity contribution in [3.63, 3.8) is 0 Å². The van der Waals surface area contributed by atoms with Gasteiger partial charge >= 0.3 is 12.0 Å². The van der Waals surface area contributed by atoms with Crippen LogP contribution in [-0.4, -0.2) is 47.2 Å². The molecule has 132 valence electrons. The Morgan fingerprint density at radius 1 is 1.33 bits per heavy atom. The van der Waals surface area contributed by atoms with Crippen LogP contribution in [0.5, 0.6) is 0 Å². The van der Waals surface area contributed by atoms with Crippen molar-refractivity contribution in [1.82, 2.24) is 15.5 Å². The maximum absolute atomic E-state index is 12.1. The molecule has 24 heavy (non-hydrogen) atoms. The zero-order chi connectivity index (χ0) is 17.7. The van der Waals surface area contributed by atoms with Crippen LogP contribution in [0.1, 0.15) is 38.3 Å². The average molecular weight is 398 g/mol. The maximum atomic E-state index is 12.1. The molecule has 2 amide bonds. The summed E-state index contributed by atoms with van der Waals surface area (Å²) in [4.78, 5) is 24.8. The van der Waals surface area contributed by atoms with Crippen molar-refractivity contribution < 1.29 is 14.7 Å². The minimum atomic E-state index is -0.811. The van der Waals surface area contributed by atoms with Gasteiger partial charge < -0.3 is 15.7 Å². The van der Waals surface area contributed by atoms with Crippen molar-refractivity contribution in [1.29, 1.82) is 0 Å². The Morgan fingerprint density at radius 2 is 1.96 bits per heavy atom. The quantitative estimate of drug-likeness (QED) is 0.660. The molecule has 0 heterocycles. The lowest BCUT2D eigenvalue weighted by Crippen LogP contribution is -2.56. The van der Waals surface area contributed by atoms with Gasteiger partial charge in [0.05, 0.1) is 12.6 Å². The van der Waals surface area contributed by atoms with Gasteiger partial charge in [0.1, 0.15) is 0 Å². The number of halogens is 1. The zero-order valence-corrected chi connectivity index (χ0v) is 15.5. The fraction of sp³-hybridized carbons (Fsp3) is 0.529. The summed E-state index contributed by atoms with van der Waals surface area (Å²) in [5.41, 5.74) is 1.04. The first-order valence-electron chi connectivity index (χ1n) is 8.17. The molecule has 6 nitrogen and oxygen atoms in total. The highest BCUT2D eigenvalue weighted by Gasteiger charge is 2.34. The van der Waals surface area contributed by atoms with E-state index >= 15 is 0 Å². The number of hydrogen-bond donors (Lipinski definition) is 3. The molecule has 1 aliphatic carbocycles. The highest BCUT2D eigenvalue weighted by atomic mass is 79.9. The van der Waals surface area contributed by atoms with E-state index in [4.69, 9.17) is 5.11 Å². The van der Waals surface area contributed by atoms with Crippen LogP contribution < -0.4 is 10.6 Å². The predicted molar refractivity (Wildman–Crippen MR) is 95.9 cm³/mol. The van der Waals surface area contributed by atoms with Gasteiger partial charge in [0, 0.05) is 16.6 Å². The number of amides is 2. The van der Waals surface area contributed by atoms with Gasteiger partial charge in [-0.15, -0.1) is 0 Å². The normalized spacial score (nSPS) is 21.0. The highest BCUT2D eigenvalue weighted by molar-refractivity contribution is 9.10. The van der Waals surface area contributed by atoms with Crippen LogP contribution >= 0.6 is 15.9 Å². The molecule has 0 aliphatic heterocycles. The minimum Gasteiger partial charge on any atom is -0.480 e. The Balaban J connectivity index is 1.74. The minimum absolute atomic E-state index is 0.0562. The van der Waals surface area contributed by atoms with E-state index in [0.29, 0.717) is 6.54 Å². The SMILES string of the molecule is CCN(CC(=O)O)C1CC(NC(=O)N[C@H](C)c2ccc(Br)cc2)C1. The summed E-state index contributed by atoms with van der Waals surface area (Å²) in [6, 6.07) is 7.92. The van der Waals surface area contributed by atoms with E-state index in [1.165, 1.54) is 0 Å². The van der Waals surface area contributed by atoms with Crippen molar-refractivity contribution in [2.24, 2.45) is 0 Å². The molecule has 1 aliphatic rings. The topological polar surface area (TPSA) is 81.7 Å². The number of carboxylic acids is 1. The van der Waals surface area contributed by atoms with Gasteiger partial charge in [-0.1, -0.05) is 35.0 Å². The Hall–Kier alpha value is -1.60. The summed E-state index contributed by atoms with van der Waals surface area (Å²) in [5.74, 6) is -0.811. The summed E-state index contributed by atoms with van der Waals surface area (Å²) in [7, 11) is 0. The number of likely N-dealkylation sites (N-methyl/N-ethyl adjacent to an activating group) is 1. The van der Waals surface area contributed by atoms with Crippen LogP contribution in [0.25, 0.3) is 0 Å². The van der Waals surface area contributed by atoms with Crippen molar-refractivity contribution in [3.8, 4) is 0 Å². The molecule has 3 N–H and O–H groups in total. The number of carbonyl (C=O) groups excluding carboxylic acids is 1. The number of carboxylic acid groups (broad SMARTS) is 1. The number of aliphatic carboxylic acids is 1. The van der Waals surface area contributed by atoms with Gasteiger partial charge in [0.2, 0.25) is 0 Å². The highest BCUT2D eigenvalue weighted by Crippen LogP contribution is 2.25.